The maximum atomic E-state index is 12.8. The summed E-state index contributed by atoms with van der Waals surface area (Å²) in [5.74, 6) is -0.933. The second kappa shape index (κ2) is 9.06. The third-order valence-electron chi connectivity index (χ3n) is 6.12. The molecule has 0 aromatic heterocycles. The summed E-state index contributed by atoms with van der Waals surface area (Å²) in [5.41, 5.74) is 0.922. The van der Waals surface area contributed by atoms with Gasteiger partial charge in [-0.3, -0.25) is 29.0 Å². The standard InChI is InChI=1S/C22H30N4O4/c1-5-23(6-2)17-13-19(27)25(21(17)29)15-9-11-16(12-10-15)26-20(28)14-18(22(26)30)24(7-3)8-4/h9-12,17-18H,5-8,13-14H2,1-4H3. The van der Waals surface area contributed by atoms with Gasteiger partial charge in [-0.1, -0.05) is 27.7 Å². The van der Waals surface area contributed by atoms with Crippen LogP contribution >= 0.6 is 0 Å². The van der Waals surface area contributed by atoms with Crippen LogP contribution in [0.15, 0.2) is 24.3 Å². The molecule has 0 bridgehead atoms. The highest BCUT2D eigenvalue weighted by molar-refractivity contribution is 6.24. The van der Waals surface area contributed by atoms with E-state index in [0.29, 0.717) is 37.6 Å². The summed E-state index contributed by atoms with van der Waals surface area (Å²) in [6, 6.07) is 5.62. The van der Waals surface area contributed by atoms with E-state index in [9.17, 15) is 19.2 Å². The lowest BCUT2D eigenvalue weighted by Crippen LogP contribution is -2.42. The molecular formula is C22H30N4O4. The predicted octanol–water partition coefficient (Wildman–Crippen LogP) is 1.63. The summed E-state index contributed by atoms with van der Waals surface area (Å²) in [6.45, 7) is 10.6. The Bertz CT molecular complexity index is 761. The van der Waals surface area contributed by atoms with Gasteiger partial charge in [-0.25, -0.2) is 9.80 Å². The van der Waals surface area contributed by atoms with Crippen molar-refractivity contribution >= 4 is 35.0 Å². The van der Waals surface area contributed by atoms with E-state index in [2.05, 4.69) is 0 Å². The average Bonchev–Trinajstić information content (AvgIpc) is 3.19. The van der Waals surface area contributed by atoms with Crippen LogP contribution in [0.2, 0.25) is 0 Å². The van der Waals surface area contributed by atoms with Crippen molar-refractivity contribution in [2.24, 2.45) is 0 Å². The topological polar surface area (TPSA) is 81.2 Å². The lowest BCUT2D eigenvalue weighted by molar-refractivity contribution is -0.124. The Labute approximate surface area is 177 Å². The molecule has 8 heteroatoms. The normalized spacial score (nSPS) is 22.3. The first kappa shape index (κ1) is 22.1. The van der Waals surface area contributed by atoms with Crippen molar-refractivity contribution in [3.8, 4) is 0 Å². The molecule has 1 aromatic rings. The quantitative estimate of drug-likeness (QED) is 0.602. The highest BCUT2D eigenvalue weighted by atomic mass is 16.2. The number of anilines is 2. The molecule has 0 saturated carbocycles. The van der Waals surface area contributed by atoms with E-state index in [1.807, 2.05) is 37.5 Å². The van der Waals surface area contributed by atoms with Crippen LogP contribution in [0.5, 0.6) is 0 Å². The smallest absolute Gasteiger partial charge is 0.251 e. The van der Waals surface area contributed by atoms with Crippen LogP contribution in [0.3, 0.4) is 0 Å². The number of likely N-dealkylation sites (N-methyl/N-ethyl adjacent to an activating group) is 2. The Hall–Kier alpha value is -2.58. The third kappa shape index (κ3) is 3.77. The van der Waals surface area contributed by atoms with Crippen molar-refractivity contribution in [3.63, 3.8) is 0 Å². The SMILES string of the molecule is CCN(CC)C1CC(=O)N(c2ccc(N3C(=O)CC(N(CC)CC)C3=O)cc2)C1=O. The number of hydrogen-bond donors (Lipinski definition) is 0. The van der Waals surface area contributed by atoms with Crippen molar-refractivity contribution in [1.82, 2.24) is 9.80 Å². The van der Waals surface area contributed by atoms with Crippen molar-refractivity contribution in [1.29, 1.82) is 0 Å². The first-order chi connectivity index (χ1) is 14.4. The Morgan fingerprint density at radius 3 is 1.23 bits per heavy atom. The van der Waals surface area contributed by atoms with Gasteiger partial charge in [0.1, 0.15) is 0 Å². The van der Waals surface area contributed by atoms with E-state index < -0.39 is 12.1 Å². The van der Waals surface area contributed by atoms with Gasteiger partial charge >= 0.3 is 0 Å². The lowest BCUT2D eigenvalue weighted by atomic mass is 10.2. The first-order valence-electron chi connectivity index (χ1n) is 10.7. The third-order valence-corrected chi connectivity index (χ3v) is 6.12. The molecular weight excluding hydrogens is 384 g/mol. The minimum absolute atomic E-state index is 0.164. The number of amides is 4. The minimum atomic E-state index is -0.441. The fourth-order valence-corrected chi connectivity index (χ4v) is 4.42. The van der Waals surface area contributed by atoms with Crippen LogP contribution in [0.4, 0.5) is 11.4 Å². The van der Waals surface area contributed by atoms with E-state index in [-0.39, 0.29) is 36.5 Å². The fourth-order valence-electron chi connectivity index (χ4n) is 4.42. The molecule has 30 heavy (non-hydrogen) atoms. The van der Waals surface area contributed by atoms with Gasteiger partial charge in [-0.05, 0) is 50.4 Å². The molecule has 2 fully saturated rings. The maximum absolute atomic E-state index is 12.8. The van der Waals surface area contributed by atoms with Gasteiger partial charge in [0.05, 0.1) is 36.3 Å². The van der Waals surface area contributed by atoms with Gasteiger partial charge in [0.25, 0.3) is 11.8 Å². The zero-order chi connectivity index (χ0) is 22.0. The Morgan fingerprint density at radius 1 is 0.667 bits per heavy atom. The van der Waals surface area contributed by atoms with Crippen LogP contribution in [0.25, 0.3) is 0 Å². The molecule has 2 saturated heterocycles. The van der Waals surface area contributed by atoms with Crippen molar-refractivity contribution < 1.29 is 19.2 Å². The molecule has 162 valence electrons. The molecule has 3 rings (SSSR count). The highest BCUT2D eigenvalue weighted by Gasteiger charge is 2.43. The second-order valence-corrected chi connectivity index (χ2v) is 7.53. The van der Waals surface area contributed by atoms with Crippen LogP contribution in [-0.4, -0.2) is 71.7 Å². The van der Waals surface area contributed by atoms with E-state index in [4.69, 9.17) is 0 Å². The molecule has 0 aliphatic carbocycles. The molecule has 0 radical (unpaired) electrons. The largest absolute Gasteiger partial charge is 0.292 e. The van der Waals surface area contributed by atoms with Gasteiger partial charge < -0.3 is 0 Å². The van der Waals surface area contributed by atoms with Crippen molar-refractivity contribution in [3.05, 3.63) is 24.3 Å². The monoisotopic (exact) mass is 414 g/mol. The van der Waals surface area contributed by atoms with E-state index in [1.54, 1.807) is 24.3 Å². The second-order valence-electron chi connectivity index (χ2n) is 7.53. The van der Waals surface area contributed by atoms with Crippen LogP contribution in [0, 0.1) is 0 Å². The molecule has 0 N–H and O–H groups in total. The zero-order valence-corrected chi connectivity index (χ0v) is 18.1. The highest BCUT2D eigenvalue weighted by Crippen LogP contribution is 2.30. The fraction of sp³-hybridized carbons (Fsp3) is 0.545. The van der Waals surface area contributed by atoms with Crippen LogP contribution in [0.1, 0.15) is 40.5 Å². The van der Waals surface area contributed by atoms with Gasteiger partial charge in [0, 0.05) is 0 Å². The molecule has 2 unspecified atom stereocenters. The molecule has 0 spiro atoms. The molecule has 2 atom stereocenters. The number of imide groups is 2. The maximum Gasteiger partial charge on any atom is 0.251 e. The Morgan fingerprint density at radius 2 is 0.967 bits per heavy atom. The molecule has 4 amide bonds. The Kier molecular flexibility index (Phi) is 6.67. The number of hydrogen-bond acceptors (Lipinski definition) is 6. The summed E-state index contributed by atoms with van der Waals surface area (Å²) < 4.78 is 0. The zero-order valence-electron chi connectivity index (χ0n) is 18.1. The lowest BCUT2D eigenvalue weighted by Gasteiger charge is -2.25. The first-order valence-corrected chi connectivity index (χ1v) is 10.7. The molecule has 8 nitrogen and oxygen atoms in total. The molecule has 1 aromatic carbocycles. The summed E-state index contributed by atoms with van der Waals surface area (Å²) in [6.07, 6.45) is 0.327. The molecule has 2 heterocycles. The summed E-state index contributed by atoms with van der Waals surface area (Å²) in [7, 11) is 0. The number of carbonyl (C=O) groups is 4. The molecule has 2 aliphatic heterocycles. The van der Waals surface area contributed by atoms with Gasteiger partial charge in [-0.15, -0.1) is 0 Å². The summed E-state index contributed by atoms with van der Waals surface area (Å²) in [4.78, 5) is 57.1. The number of carbonyl (C=O) groups excluding carboxylic acids is 4. The van der Waals surface area contributed by atoms with Crippen molar-refractivity contribution in [2.45, 2.75) is 52.6 Å². The number of rotatable bonds is 8. The molecule has 2 aliphatic rings. The van der Waals surface area contributed by atoms with Gasteiger partial charge in [0.15, 0.2) is 0 Å². The predicted molar refractivity (Wildman–Crippen MR) is 114 cm³/mol. The van der Waals surface area contributed by atoms with Crippen LogP contribution in [-0.2, 0) is 19.2 Å². The van der Waals surface area contributed by atoms with Crippen molar-refractivity contribution in [2.75, 3.05) is 36.0 Å². The van der Waals surface area contributed by atoms with Gasteiger partial charge in [0.2, 0.25) is 11.8 Å². The van der Waals surface area contributed by atoms with E-state index >= 15 is 0 Å². The minimum Gasteiger partial charge on any atom is -0.292 e. The number of nitrogens with zero attached hydrogens (tertiary/aromatic N) is 4. The van der Waals surface area contributed by atoms with E-state index in [1.165, 1.54) is 9.80 Å². The van der Waals surface area contributed by atoms with E-state index in [0.717, 1.165) is 0 Å². The Balaban J connectivity index is 1.80. The van der Waals surface area contributed by atoms with Gasteiger partial charge in [-0.2, -0.15) is 0 Å². The average molecular weight is 415 g/mol. The summed E-state index contributed by atoms with van der Waals surface area (Å²) >= 11 is 0. The summed E-state index contributed by atoms with van der Waals surface area (Å²) in [5, 5.41) is 0. The number of benzene rings is 1. The van der Waals surface area contributed by atoms with Crippen LogP contribution < -0.4 is 9.80 Å².